The highest BCUT2D eigenvalue weighted by atomic mass is 79.9. The van der Waals surface area contributed by atoms with Crippen molar-refractivity contribution in [1.82, 2.24) is 0 Å². The van der Waals surface area contributed by atoms with Crippen molar-refractivity contribution < 1.29 is 13.2 Å². The van der Waals surface area contributed by atoms with E-state index in [4.69, 9.17) is 11.6 Å². The minimum absolute atomic E-state index is 0.291. The largest absolute Gasteiger partial charge is 0.206 e. The molecule has 0 spiro atoms. The molecule has 1 atom stereocenters. The average molecular weight is 350 g/mol. The van der Waals surface area contributed by atoms with Gasteiger partial charge in [0.05, 0.1) is 9.85 Å². The molecule has 0 bridgehead atoms. The molecule has 2 rings (SSSR count). The fraction of sp³-hybridized carbons (Fsp3) is 0.143. The van der Waals surface area contributed by atoms with Gasteiger partial charge in [0.15, 0.2) is 11.6 Å². The van der Waals surface area contributed by atoms with Gasteiger partial charge in [-0.25, -0.2) is 13.2 Å². The molecule has 0 N–H and O–H groups in total. The Balaban J connectivity index is 2.17. The van der Waals surface area contributed by atoms with Crippen LogP contribution in [0.2, 0.25) is 0 Å². The van der Waals surface area contributed by atoms with Gasteiger partial charge in [-0.2, -0.15) is 0 Å². The maximum absolute atomic E-state index is 13.4. The lowest BCUT2D eigenvalue weighted by Crippen LogP contribution is -1.98. The van der Waals surface area contributed by atoms with E-state index in [-0.39, 0.29) is 0 Å². The van der Waals surface area contributed by atoms with Gasteiger partial charge in [0.2, 0.25) is 0 Å². The van der Waals surface area contributed by atoms with Crippen molar-refractivity contribution in [3.63, 3.8) is 0 Å². The summed E-state index contributed by atoms with van der Waals surface area (Å²) in [6, 6.07) is 8.18. The van der Waals surface area contributed by atoms with Gasteiger partial charge in [0.1, 0.15) is 5.82 Å². The second-order valence-corrected chi connectivity index (χ2v) is 5.47. The van der Waals surface area contributed by atoms with Gasteiger partial charge < -0.3 is 0 Å². The smallest absolute Gasteiger partial charge is 0.159 e. The topological polar surface area (TPSA) is 0 Å². The van der Waals surface area contributed by atoms with Crippen LogP contribution in [0.1, 0.15) is 16.5 Å². The van der Waals surface area contributed by atoms with E-state index in [2.05, 4.69) is 15.9 Å². The summed E-state index contributed by atoms with van der Waals surface area (Å²) in [5.41, 5.74) is 1.15. The van der Waals surface area contributed by atoms with Gasteiger partial charge in [0.25, 0.3) is 0 Å². The van der Waals surface area contributed by atoms with Gasteiger partial charge in [0, 0.05) is 0 Å². The van der Waals surface area contributed by atoms with Gasteiger partial charge in [-0.3, -0.25) is 0 Å². The van der Waals surface area contributed by atoms with Crippen molar-refractivity contribution in [1.29, 1.82) is 0 Å². The maximum atomic E-state index is 13.4. The average Bonchev–Trinajstić information content (AvgIpc) is 2.37. The zero-order valence-corrected chi connectivity index (χ0v) is 12.0. The van der Waals surface area contributed by atoms with Crippen molar-refractivity contribution in [3.05, 3.63) is 69.4 Å². The molecule has 2 aromatic carbocycles. The van der Waals surface area contributed by atoms with E-state index >= 15 is 0 Å². The first-order valence-electron chi connectivity index (χ1n) is 5.50. The van der Waals surface area contributed by atoms with Crippen molar-refractivity contribution in [2.24, 2.45) is 0 Å². The first kappa shape index (κ1) is 14.4. The van der Waals surface area contributed by atoms with Crippen LogP contribution in [-0.4, -0.2) is 0 Å². The number of halogens is 5. The molecule has 100 valence electrons. The summed E-state index contributed by atoms with van der Waals surface area (Å²) in [6.07, 6.45) is 0.291. The molecule has 0 saturated heterocycles. The number of alkyl halides is 1. The highest BCUT2D eigenvalue weighted by molar-refractivity contribution is 9.10. The zero-order valence-electron chi connectivity index (χ0n) is 9.64. The van der Waals surface area contributed by atoms with E-state index in [9.17, 15) is 13.2 Å². The van der Waals surface area contributed by atoms with Crippen LogP contribution < -0.4 is 0 Å². The Hall–Kier alpha value is -1.00. The third-order valence-electron chi connectivity index (χ3n) is 2.70. The lowest BCUT2D eigenvalue weighted by atomic mass is 10.0. The molecule has 0 fully saturated rings. The SMILES string of the molecule is Fc1ccc(CC(Cl)c2ccc(Br)c(F)c2)cc1F. The van der Waals surface area contributed by atoms with E-state index in [0.717, 1.165) is 12.1 Å². The zero-order chi connectivity index (χ0) is 14.0. The van der Waals surface area contributed by atoms with E-state index in [1.54, 1.807) is 12.1 Å². The number of hydrogen-bond donors (Lipinski definition) is 0. The molecule has 0 heterocycles. The second-order valence-electron chi connectivity index (χ2n) is 4.09. The Bertz CT molecular complexity index is 601. The molecule has 0 aliphatic heterocycles. The molecular formula is C14H9BrClF3. The molecule has 0 amide bonds. The summed E-state index contributed by atoms with van der Waals surface area (Å²) >= 11 is 9.21. The Morgan fingerprint density at radius 1 is 0.947 bits per heavy atom. The lowest BCUT2D eigenvalue weighted by Gasteiger charge is -2.11. The third kappa shape index (κ3) is 3.51. The summed E-state index contributed by atoms with van der Waals surface area (Å²) in [6.45, 7) is 0. The molecule has 0 radical (unpaired) electrons. The highest BCUT2D eigenvalue weighted by Crippen LogP contribution is 2.28. The molecular weight excluding hydrogens is 341 g/mol. The number of benzene rings is 2. The molecule has 1 unspecified atom stereocenters. The fourth-order valence-electron chi connectivity index (χ4n) is 1.70. The number of hydrogen-bond acceptors (Lipinski definition) is 0. The van der Waals surface area contributed by atoms with Crippen LogP contribution in [0, 0.1) is 17.5 Å². The molecule has 0 saturated carbocycles. The number of rotatable bonds is 3. The van der Waals surface area contributed by atoms with Gasteiger partial charge in [-0.05, 0) is 57.7 Å². The van der Waals surface area contributed by atoms with Crippen molar-refractivity contribution >= 4 is 27.5 Å². The monoisotopic (exact) mass is 348 g/mol. The standard InChI is InChI=1S/C14H9BrClF3/c15-10-3-2-9(7-13(10)18)11(16)5-8-1-4-12(17)14(19)6-8/h1-4,6-7,11H,5H2. The molecule has 2 aromatic rings. The van der Waals surface area contributed by atoms with Gasteiger partial charge in [-0.15, -0.1) is 11.6 Å². The summed E-state index contributed by atoms with van der Waals surface area (Å²) in [5.74, 6) is -2.22. The molecule has 19 heavy (non-hydrogen) atoms. The van der Waals surface area contributed by atoms with Crippen LogP contribution in [0.4, 0.5) is 13.2 Å². The highest BCUT2D eigenvalue weighted by Gasteiger charge is 2.12. The van der Waals surface area contributed by atoms with Crippen LogP contribution in [0.3, 0.4) is 0 Å². The first-order valence-corrected chi connectivity index (χ1v) is 6.73. The molecule has 0 aliphatic rings. The predicted molar refractivity (Wildman–Crippen MR) is 72.8 cm³/mol. The molecule has 0 nitrogen and oxygen atoms in total. The summed E-state index contributed by atoms with van der Waals surface area (Å²) < 4.78 is 39.6. The van der Waals surface area contributed by atoms with Crippen molar-refractivity contribution in [2.45, 2.75) is 11.8 Å². The molecule has 5 heteroatoms. The van der Waals surface area contributed by atoms with E-state index in [0.29, 0.717) is 22.0 Å². The first-order chi connectivity index (χ1) is 8.97. The summed E-state index contributed by atoms with van der Waals surface area (Å²) in [5, 5.41) is -0.507. The van der Waals surface area contributed by atoms with Gasteiger partial charge in [-0.1, -0.05) is 12.1 Å². The van der Waals surface area contributed by atoms with E-state index in [1.807, 2.05) is 0 Å². The lowest BCUT2D eigenvalue weighted by molar-refractivity contribution is 0.507. The molecule has 0 aromatic heterocycles. The molecule has 0 aliphatic carbocycles. The van der Waals surface area contributed by atoms with Crippen LogP contribution in [0.15, 0.2) is 40.9 Å². The van der Waals surface area contributed by atoms with Crippen LogP contribution in [-0.2, 0) is 6.42 Å². The third-order valence-corrected chi connectivity index (χ3v) is 3.75. The summed E-state index contributed by atoms with van der Waals surface area (Å²) in [7, 11) is 0. The van der Waals surface area contributed by atoms with Crippen LogP contribution >= 0.6 is 27.5 Å². The fourth-order valence-corrected chi connectivity index (χ4v) is 2.26. The predicted octanol–water partition coefficient (Wildman–Crippen LogP) is 5.39. The Morgan fingerprint density at radius 3 is 2.32 bits per heavy atom. The minimum Gasteiger partial charge on any atom is -0.206 e. The van der Waals surface area contributed by atoms with Crippen molar-refractivity contribution in [2.75, 3.05) is 0 Å². The Labute approximate surface area is 122 Å². The van der Waals surface area contributed by atoms with Gasteiger partial charge >= 0.3 is 0 Å². The van der Waals surface area contributed by atoms with Crippen LogP contribution in [0.25, 0.3) is 0 Å². The Kier molecular flexibility index (Phi) is 4.53. The van der Waals surface area contributed by atoms with Crippen molar-refractivity contribution in [3.8, 4) is 0 Å². The normalized spacial score (nSPS) is 12.5. The Morgan fingerprint density at radius 2 is 1.68 bits per heavy atom. The minimum atomic E-state index is -0.914. The maximum Gasteiger partial charge on any atom is 0.159 e. The quantitative estimate of drug-likeness (QED) is 0.652. The van der Waals surface area contributed by atoms with E-state index < -0.39 is 22.8 Å². The second kappa shape index (κ2) is 5.97. The summed E-state index contributed by atoms with van der Waals surface area (Å²) in [4.78, 5) is 0. The van der Waals surface area contributed by atoms with Crippen LogP contribution in [0.5, 0.6) is 0 Å². The van der Waals surface area contributed by atoms with E-state index in [1.165, 1.54) is 12.1 Å².